The highest BCUT2D eigenvalue weighted by molar-refractivity contribution is 5.46. The van der Waals surface area contributed by atoms with Crippen molar-refractivity contribution in [3.05, 3.63) is 30.1 Å². The lowest BCUT2D eigenvalue weighted by Crippen LogP contribution is -2.27. The Morgan fingerprint density at radius 3 is 3.00 bits per heavy atom. The number of benzene rings is 1. The van der Waals surface area contributed by atoms with Gasteiger partial charge in [-0.05, 0) is 31.2 Å². The first-order valence-electron chi connectivity index (χ1n) is 5.07. The third-order valence-corrected chi connectivity index (χ3v) is 2.51. The number of nitrogens with zero attached hydrogens (tertiary/aromatic N) is 1. The van der Waals surface area contributed by atoms with Crippen molar-refractivity contribution in [2.75, 3.05) is 31.1 Å². The van der Waals surface area contributed by atoms with Crippen molar-refractivity contribution in [2.45, 2.75) is 6.42 Å². The van der Waals surface area contributed by atoms with E-state index >= 15 is 0 Å². The molecular weight excluding hydrogens is 179 g/mol. The van der Waals surface area contributed by atoms with Crippen LogP contribution in [-0.4, -0.2) is 26.2 Å². The summed E-state index contributed by atoms with van der Waals surface area (Å²) in [6.07, 6.45) is 1.12. The molecule has 0 radical (unpaired) electrons. The zero-order valence-corrected chi connectivity index (χ0v) is 8.17. The van der Waals surface area contributed by atoms with Crippen LogP contribution in [0.25, 0.3) is 0 Å². The monoisotopic (exact) mass is 194 g/mol. The van der Waals surface area contributed by atoms with Crippen molar-refractivity contribution in [3.8, 4) is 0 Å². The summed E-state index contributed by atoms with van der Waals surface area (Å²) in [6, 6.07) is 6.82. The van der Waals surface area contributed by atoms with Crippen LogP contribution in [0.5, 0.6) is 0 Å². The van der Waals surface area contributed by atoms with Crippen LogP contribution in [0.3, 0.4) is 0 Å². The van der Waals surface area contributed by atoms with Crippen molar-refractivity contribution in [1.82, 2.24) is 5.32 Å². The van der Waals surface area contributed by atoms with Crippen LogP contribution in [0.2, 0.25) is 0 Å². The lowest BCUT2D eigenvalue weighted by Gasteiger charge is -2.22. The van der Waals surface area contributed by atoms with Gasteiger partial charge in [-0.1, -0.05) is 6.07 Å². The molecule has 1 N–H and O–H groups in total. The first-order chi connectivity index (χ1) is 6.86. The molecule has 2 rings (SSSR count). The summed E-state index contributed by atoms with van der Waals surface area (Å²) in [6.45, 7) is 4.02. The molecule has 0 amide bonds. The molecule has 1 aliphatic heterocycles. The van der Waals surface area contributed by atoms with Crippen LogP contribution < -0.4 is 10.2 Å². The predicted molar refractivity (Wildman–Crippen MR) is 56.1 cm³/mol. The van der Waals surface area contributed by atoms with Gasteiger partial charge in [0.05, 0.1) is 0 Å². The van der Waals surface area contributed by atoms with Crippen molar-refractivity contribution in [2.24, 2.45) is 0 Å². The Hall–Kier alpha value is -1.09. The minimum atomic E-state index is -0.153. The van der Waals surface area contributed by atoms with Crippen molar-refractivity contribution in [1.29, 1.82) is 0 Å². The highest BCUT2D eigenvalue weighted by Crippen LogP contribution is 2.15. The number of hydrogen-bond donors (Lipinski definition) is 1. The second-order valence-corrected chi connectivity index (χ2v) is 3.57. The molecule has 0 saturated carbocycles. The number of halogens is 1. The van der Waals surface area contributed by atoms with E-state index in [2.05, 4.69) is 10.2 Å². The van der Waals surface area contributed by atoms with Gasteiger partial charge in [-0.2, -0.15) is 0 Å². The lowest BCUT2D eigenvalue weighted by atomic mass is 10.2. The van der Waals surface area contributed by atoms with E-state index in [1.54, 1.807) is 12.1 Å². The largest absolute Gasteiger partial charge is 0.370 e. The molecule has 0 spiro atoms. The van der Waals surface area contributed by atoms with E-state index in [4.69, 9.17) is 0 Å². The van der Waals surface area contributed by atoms with Crippen LogP contribution in [0.15, 0.2) is 24.3 Å². The molecule has 2 nitrogen and oxygen atoms in total. The molecule has 0 bridgehead atoms. The Morgan fingerprint density at radius 1 is 1.21 bits per heavy atom. The molecule has 0 aliphatic carbocycles. The Morgan fingerprint density at radius 2 is 2.14 bits per heavy atom. The quantitative estimate of drug-likeness (QED) is 0.731. The topological polar surface area (TPSA) is 15.3 Å². The molecule has 0 atom stereocenters. The zero-order chi connectivity index (χ0) is 9.80. The average molecular weight is 194 g/mol. The first-order valence-corrected chi connectivity index (χ1v) is 5.07. The van der Waals surface area contributed by atoms with Crippen LogP contribution in [-0.2, 0) is 0 Å². The summed E-state index contributed by atoms with van der Waals surface area (Å²) in [5, 5.41) is 3.33. The molecule has 1 aromatic carbocycles. The maximum absolute atomic E-state index is 13.0. The molecule has 1 aromatic rings. The van der Waals surface area contributed by atoms with Gasteiger partial charge in [-0.15, -0.1) is 0 Å². The van der Waals surface area contributed by atoms with E-state index in [1.807, 2.05) is 6.07 Å². The Bertz CT molecular complexity index is 293. The van der Waals surface area contributed by atoms with Crippen LogP contribution in [0.4, 0.5) is 10.1 Å². The van der Waals surface area contributed by atoms with Gasteiger partial charge in [-0.25, -0.2) is 4.39 Å². The van der Waals surface area contributed by atoms with E-state index in [0.29, 0.717) is 0 Å². The minimum absolute atomic E-state index is 0.153. The van der Waals surface area contributed by atoms with Crippen molar-refractivity contribution < 1.29 is 4.39 Å². The molecule has 14 heavy (non-hydrogen) atoms. The highest BCUT2D eigenvalue weighted by Gasteiger charge is 2.09. The molecule has 3 heteroatoms. The molecule has 1 heterocycles. The predicted octanol–water partition coefficient (Wildman–Crippen LogP) is 1.63. The van der Waals surface area contributed by atoms with E-state index < -0.39 is 0 Å². The van der Waals surface area contributed by atoms with Gasteiger partial charge in [0.15, 0.2) is 0 Å². The van der Waals surface area contributed by atoms with Crippen LogP contribution >= 0.6 is 0 Å². The van der Waals surface area contributed by atoms with Gasteiger partial charge in [0.1, 0.15) is 5.82 Å². The second-order valence-electron chi connectivity index (χ2n) is 3.57. The first kappa shape index (κ1) is 9.46. The highest BCUT2D eigenvalue weighted by atomic mass is 19.1. The van der Waals surface area contributed by atoms with E-state index in [9.17, 15) is 4.39 Å². The maximum atomic E-state index is 13.0. The Labute approximate surface area is 83.7 Å². The molecular formula is C11H15FN2. The number of nitrogens with one attached hydrogen (secondary N) is 1. The van der Waals surface area contributed by atoms with Gasteiger partial charge in [-0.3, -0.25) is 0 Å². The third kappa shape index (κ3) is 2.23. The third-order valence-electron chi connectivity index (χ3n) is 2.51. The van der Waals surface area contributed by atoms with Crippen molar-refractivity contribution in [3.63, 3.8) is 0 Å². The summed E-state index contributed by atoms with van der Waals surface area (Å²) in [5.41, 5.74) is 0.994. The van der Waals surface area contributed by atoms with Gasteiger partial charge in [0.2, 0.25) is 0 Å². The fourth-order valence-electron chi connectivity index (χ4n) is 1.78. The van der Waals surface area contributed by atoms with E-state index in [-0.39, 0.29) is 5.82 Å². The van der Waals surface area contributed by atoms with E-state index in [1.165, 1.54) is 6.07 Å². The number of anilines is 1. The maximum Gasteiger partial charge on any atom is 0.125 e. The zero-order valence-electron chi connectivity index (χ0n) is 8.17. The van der Waals surface area contributed by atoms with Gasteiger partial charge >= 0.3 is 0 Å². The molecule has 76 valence electrons. The Kier molecular flexibility index (Phi) is 2.99. The van der Waals surface area contributed by atoms with Gasteiger partial charge in [0.25, 0.3) is 0 Å². The summed E-state index contributed by atoms with van der Waals surface area (Å²) in [4.78, 5) is 2.23. The molecule has 1 saturated heterocycles. The minimum Gasteiger partial charge on any atom is -0.370 e. The molecule has 0 unspecified atom stereocenters. The number of hydrogen-bond acceptors (Lipinski definition) is 2. The fraction of sp³-hybridized carbons (Fsp3) is 0.455. The fourth-order valence-corrected chi connectivity index (χ4v) is 1.78. The van der Waals surface area contributed by atoms with Crippen LogP contribution in [0.1, 0.15) is 6.42 Å². The smallest absolute Gasteiger partial charge is 0.125 e. The molecule has 1 aliphatic rings. The SMILES string of the molecule is Fc1cccc(N2CCCNCC2)c1. The lowest BCUT2D eigenvalue weighted by molar-refractivity contribution is 0.626. The summed E-state index contributed by atoms with van der Waals surface area (Å²) in [7, 11) is 0. The molecule has 0 aromatic heterocycles. The standard InChI is InChI=1S/C11H15FN2/c12-10-3-1-4-11(9-10)14-7-2-5-13-6-8-14/h1,3-4,9,13H,2,5-8H2. The molecule has 1 fully saturated rings. The van der Waals surface area contributed by atoms with Gasteiger partial charge in [0, 0.05) is 25.3 Å². The van der Waals surface area contributed by atoms with E-state index in [0.717, 1.165) is 38.3 Å². The summed E-state index contributed by atoms with van der Waals surface area (Å²) in [5.74, 6) is -0.153. The Balaban J connectivity index is 2.12. The summed E-state index contributed by atoms with van der Waals surface area (Å²) < 4.78 is 13.0. The van der Waals surface area contributed by atoms with Gasteiger partial charge < -0.3 is 10.2 Å². The van der Waals surface area contributed by atoms with Crippen molar-refractivity contribution >= 4 is 5.69 Å². The average Bonchev–Trinajstić information content (AvgIpc) is 2.45. The van der Waals surface area contributed by atoms with Crippen LogP contribution in [0, 0.1) is 5.82 Å². The number of rotatable bonds is 1. The normalized spacial score (nSPS) is 17.9. The second kappa shape index (κ2) is 4.42. The summed E-state index contributed by atoms with van der Waals surface area (Å²) >= 11 is 0.